The van der Waals surface area contributed by atoms with Gasteiger partial charge in [0.2, 0.25) is 0 Å². The van der Waals surface area contributed by atoms with Crippen LogP contribution in [0.5, 0.6) is 0 Å². The summed E-state index contributed by atoms with van der Waals surface area (Å²) in [6.07, 6.45) is 61.2. The molecule has 5 atom stereocenters. The third-order valence-corrected chi connectivity index (χ3v) is 20.2. The maximum Gasteiger partial charge on any atom is 0.472 e. The van der Waals surface area contributed by atoms with Crippen LogP contribution in [0.25, 0.3) is 0 Å². The molecule has 0 rings (SSSR count). The molecule has 0 aliphatic carbocycles. The van der Waals surface area contributed by atoms with E-state index in [1.807, 2.05) is 0 Å². The number of rotatable bonds is 78. The summed E-state index contributed by atoms with van der Waals surface area (Å²) in [6, 6.07) is 0. The van der Waals surface area contributed by atoms with Gasteiger partial charge in [-0.1, -0.05) is 362 Å². The quantitative estimate of drug-likeness (QED) is 0.0222. The average Bonchev–Trinajstić information content (AvgIpc) is 1.21. The van der Waals surface area contributed by atoms with Crippen LogP contribution in [-0.4, -0.2) is 96.7 Å². The molecule has 0 aromatic rings. The Bertz CT molecular complexity index is 1860. The molecule has 2 unspecified atom stereocenters. The van der Waals surface area contributed by atoms with E-state index in [0.29, 0.717) is 25.7 Å². The van der Waals surface area contributed by atoms with Gasteiger partial charge in [-0.05, 0) is 31.6 Å². The number of hydrogen-bond acceptors (Lipinski definition) is 15. The van der Waals surface area contributed by atoms with E-state index in [-0.39, 0.29) is 25.7 Å². The zero-order valence-electron chi connectivity index (χ0n) is 63.2. The van der Waals surface area contributed by atoms with Gasteiger partial charge < -0.3 is 33.8 Å². The Labute approximate surface area is 594 Å². The first-order valence-corrected chi connectivity index (χ1v) is 43.6. The van der Waals surface area contributed by atoms with Crippen LogP contribution in [0.4, 0.5) is 0 Å². The Kier molecular flexibility index (Phi) is 69.6. The van der Waals surface area contributed by atoms with Crippen molar-refractivity contribution >= 4 is 39.5 Å². The standard InChI is InChI=1S/C78H152O17P2/c1-6-9-12-15-18-21-24-26-27-28-29-30-31-32-33-34-36-39-42-48-53-58-63-77(82)94-73(67-89-76(81)62-57-52-47-41-38-35-25-22-19-16-13-10-7-2)69-92-96(84,85)90-65-72(79)66-91-97(86,87)93-70-74(95-78(83)64-59-54-49-44-43-45-50-55-60-71(4)5)68-88-75(80)61-56-51-46-40-37-23-20-17-14-11-8-3/h71-74,79H,6-70H2,1-5H3,(H,84,85)(H,86,87)/t72-,73-,74-/m1/s1. The van der Waals surface area contributed by atoms with Gasteiger partial charge in [0, 0.05) is 25.7 Å². The number of carbonyl (C=O) groups excluding carboxylic acids is 4. The minimum absolute atomic E-state index is 0.105. The van der Waals surface area contributed by atoms with E-state index in [0.717, 1.165) is 95.8 Å². The van der Waals surface area contributed by atoms with E-state index in [2.05, 4.69) is 34.6 Å². The van der Waals surface area contributed by atoms with Gasteiger partial charge in [-0.3, -0.25) is 37.3 Å². The van der Waals surface area contributed by atoms with Crippen LogP contribution < -0.4 is 0 Å². The molecule has 0 bridgehead atoms. The lowest BCUT2D eigenvalue weighted by atomic mass is 10.0. The number of carbonyl (C=O) groups is 4. The zero-order chi connectivity index (χ0) is 71.2. The number of hydrogen-bond donors (Lipinski definition) is 3. The summed E-state index contributed by atoms with van der Waals surface area (Å²) in [6.45, 7) is 7.26. The molecule has 0 saturated heterocycles. The van der Waals surface area contributed by atoms with Gasteiger partial charge in [0.15, 0.2) is 12.2 Å². The smallest absolute Gasteiger partial charge is 0.462 e. The fourth-order valence-electron chi connectivity index (χ4n) is 12.1. The van der Waals surface area contributed by atoms with Crippen molar-refractivity contribution in [3.63, 3.8) is 0 Å². The highest BCUT2D eigenvalue weighted by molar-refractivity contribution is 7.47. The number of unbranched alkanes of at least 4 members (excludes halogenated alkanes) is 50. The largest absolute Gasteiger partial charge is 0.472 e. The first-order valence-electron chi connectivity index (χ1n) is 40.6. The topological polar surface area (TPSA) is 237 Å². The summed E-state index contributed by atoms with van der Waals surface area (Å²) in [5.74, 6) is -1.39. The Balaban J connectivity index is 5.18. The maximum atomic E-state index is 13.1. The second-order valence-corrected chi connectivity index (χ2v) is 31.5. The van der Waals surface area contributed by atoms with Crippen LogP contribution in [-0.2, 0) is 65.4 Å². The predicted molar refractivity (Wildman–Crippen MR) is 395 cm³/mol. The molecule has 0 aliphatic heterocycles. The normalized spacial score (nSPS) is 13.9. The molecule has 19 heteroatoms. The minimum Gasteiger partial charge on any atom is -0.462 e. The van der Waals surface area contributed by atoms with Crippen molar-refractivity contribution in [2.45, 2.75) is 432 Å². The Morgan fingerprint density at radius 2 is 0.474 bits per heavy atom. The van der Waals surface area contributed by atoms with Crippen molar-refractivity contribution < 1.29 is 80.2 Å². The van der Waals surface area contributed by atoms with E-state index in [1.165, 1.54) is 238 Å². The van der Waals surface area contributed by atoms with Crippen LogP contribution in [0, 0.1) is 5.92 Å². The Hall–Kier alpha value is -1.94. The molecule has 0 heterocycles. The van der Waals surface area contributed by atoms with Crippen molar-refractivity contribution in [2.75, 3.05) is 39.6 Å². The molecule has 97 heavy (non-hydrogen) atoms. The lowest BCUT2D eigenvalue weighted by molar-refractivity contribution is -0.161. The van der Waals surface area contributed by atoms with E-state index >= 15 is 0 Å². The molecular formula is C78H152O17P2. The Morgan fingerprint density at radius 1 is 0.278 bits per heavy atom. The van der Waals surface area contributed by atoms with Crippen molar-refractivity contribution in [1.82, 2.24) is 0 Å². The van der Waals surface area contributed by atoms with E-state index < -0.39 is 97.5 Å². The molecule has 17 nitrogen and oxygen atoms in total. The molecular weight excluding hydrogens is 1270 g/mol. The summed E-state index contributed by atoms with van der Waals surface area (Å²) in [5.41, 5.74) is 0. The summed E-state index contributed by atoms with van der Waals surface area (Å²) in [4.78, 5) is 72.8. The van der Waals surface area contributed by atoms with Gasteiger partial charge in [0.1, 0.15) is 19.3 Å². The number of aliphatic hydroxyl groups excluding tert-OH is 1. The summed E-state index contributed by atoms with van der Waals surface area (Å²) < 4.78 is 68.5. The van der Waals surface area contributed by atoms with Crippen LogP contribution >= 0.6 is 15.6 Å². The fraction of sp³-hybridized carbons (Fsp3) is 0.949. The Morgan fingerprint density at radius 3 is 0.701 bits per heavy atom. The highest BCUT2D eigenvalue weighted by Gasteiger charge is 2.30. The summed E-state index contributed by atoms with van der Waals surface area (Å²) >= 11 is 0. The summed E-state index contributed by atoms with van der Waals surface area (Å²) in [7, 11) is -9.91. The molecule has 0 radical (unpaired) electrons. The predicted octanol–water partition coefficient (Wildman–Crippen LogP) is 23.3. The molecule has 0 amide bonds. The maximum absolute atomic E-state index is 13.1. The number of phosphoric acid groups is 2. The van der Waals surface area contributed by atoms with Gasteiger partial charge in [-0.2, -0.15) is 0 Å². The highest BCUT2D eigenvalue weighted by Crippen LogP contribution is 2.45. The second-order valence-electron chi connectivity index (χ2n) is 28.6. The third-order valence-electron chi connectivity index (χ3n) is 18.3. The van der Waals surface area contributed by atoms with E-state index in [9.17, 15) is 43.2 Å². The van der Waals surface area contributed by atoms with E-state index in [4.69, 9.17) is 37.0 Å². The van der Waals surface area contributed by atoms with Gasteiger partial charge in [0.25, 0.3) is 0 Å². The lowest BCUT2D eigenvalue weighted by Crippen LogP contribution is -2.30. The van der Waals surface area contributed by atoms with Crippen LogP contribution in [0.15, 0.2) is 0 Å². The summed E-state index contributed by atoms with van der Waals surface area (Å²) in [5, 5.41) is 10.6. The molecule has 3 N–H and O–H groups in total. The van der Waals surface area contributed by atoms with Gasteiger partial charge in [-0.25, -0.2) is 9.13 Å². The molecule has 576 valence electrons. The third kappa shape index (κ3) is 72.2. The average molecular weight is 1420 g/mol. The first kappa shape index (κ1) is 95.1. The molecule has 0 spiro atoms. The van der Waals surface area contributed by atoms with Gasteiger partial charge in [-0.15, -0.1) is 0 Å². The SMILES string of the molecule is CCCCCCCCCCCCCCCCCCCCCCCCC(=O)O[C@H](COC(=O)CCCCCCCCCCCCCCC)COP(=O)(O)OC[C@@H](O)COP(=O)(O)OC[C@@H](COC(=O)CCCCCCCCCCCCC)OC(=O)CCCCCCCCCCC(C)C. The first-order chi connectivity index (χ1) is 47.0. The van der Waals surface area contributed by atoms with Crippen LogP contribution in [0.2, 0.25) is 0 Å². The molecule has 0 aromatic carbocycles. The van der Waals surface area contributed by atoms with Crippen LogP contribution in [0.3, 0.4) is 0 Å². The number of esters is 4. The second kappa shape index (κ2) is 71.1. The highest BCUT2D eigenvalue weighted by atomic mass is 31.2. The van der Waals surface area contributed by atoms with Crippen molar-refractivity contribution in [2.24, 2.45) is 5.92 Å². The number of ether oxygens (including phenoxy) is 4. The molecule has 0 aromatic heterocycles. The monoisotopic (exact) mass is 1420 g/mol. The zero-order valence-corrected chi connectivity index (χ0v) is 65.0. The molecule has 0 aliphatic rings. The molecule has 0 saturated carbocycles. The van der Waals surface area contributed by atoms with Gasteiger partial charge >= 0.3 is 39.5 Å². The lowest BCUT2D eigenvalue weighted by Gasteiger charge is -2.21. The van der Waals surface area contributed by atoms with Crippen LogP contribution in [0.1, 0.15) is 413 Å². The van der Waals surface area contributed by atoms with E-state index in [1.54, 1.807) is 0 Å². The molecule has 0 fully saturated rings. The fourth-order valence-corrected chi connectivity index (χ4v) is 13.6. The van der Waals surface area contributed by atoms with Gasteiger partial charge in [0.05, 0.1) is 26.4 Å². The number of phosphoric ester groups is 2. The van der Waals surface area contributed by atoms with Crippen molar-refractivity contribution in [3.05, 3.63) is 0 Å². The van der Waals surface area contributed by atoms with Crippen molar-refractivity contribution in [3.8, 4) is 0 Å². The number of aliphatic hydroxyl groups is 1. The van der Waals surface area contributed by atoms with Crippen molar-refractivity contribution in [1.29, 1.82) is 0 Å². The minimum atomic E-state index is -4.96.